The highest BCUT2D eigenvalue weighted by molar-refractivity contribution is 7.78. The van der Waals surface area contributed by atoms with Crippen molar-refractivity contribution in [3.05, 3.63) is 0 Å². The van der Waals surface area contributed by atoms with Crippen molar-refractivity contribution in [1.29, 1.82) is 0 Å². The van der Waals surface area contributed by atoms with Gasteiger partial charge < -0.3 is 100 Å². The molecule has 13 N–H and O–H groups in total. The predicted octanol–water partition coefficient (Wildman–Crippen LogP) is -8.06. The summed E-state index contributed by atoms with van der Waals surface area (Å²) < 4.78 is 42.4. The molecule has 0 radical (unpaired) electrons. The zero-order valence-corrected chi connectivity index (χ0v) is 33.1. The number of rotatable bonds is 15. The molecule has 4 aliphatic rings. The fourth-order valence-corrected chi connectivity index (χ4v) is 7.32. The van der Waals surface area contributed by atoms with Gasteiger partial charge in [0.1, 0.15) is 97.4 Å². The molecule has 26 heteroatoms. The van der Waals surface area contributed by atoms with E-state index in [9.17, 15) is 65.1 Å². The topological polar surface area (TPSA) is 375 Å². The van der Waals surface area contributed by atoms with Crippen LogP contribution in [0.2, 0.25) is 0 Å². The van der Waals surface area contributed by atoms with Crippen molar-refractivity contribution in [3.63, 3.8) is 0 Å². The van der Waals surface area contributed by atoms with Crippen LogP contribution in [0.4, 0.5) is 0 Å². The van der Waals surface area contributed by atoms with Crippen molar-refractivity contribution in [3.8, 4) is 0 Å². The van der Waals surface area contributed by atoms with Crippen molar-refractivity contribution in [2.24, 2.45) is 4.99 Å². The number of thiocarbonyl (C=S) groups is 1. The summed E-state index contributed by atoms with van der Waals surface area (Å²) in [6.07, 6.45) is -26.8. The molecule has 0 saturated carbocycles. The molecule has 4 fully saturated rings. The summed E-state index contributed by atoms with van der Waals surface area (Å²) in [4.78, 5) is 53.5. The van der Waals surface area contributed by atoms with E-state index in [1.807, 2.05) is 0 Å². The van der Waals surface area contributed by atoms with E-state index in [1.54, 1.807) is 0 Å². The lowest BCUT2D eigenvalue weighted by atomic mass is 9.92. The van der Waals surface area contributed by atoms with Gasteiger partial charge in [-0.15, -0.1) is 0 Å². The lowest BCUT2D eigenvalue weighted by Gasteiger charge is -2.51. The molecule has 0 aliphatic carbocycles. The normalized spacial score (nSPS) is 42.5. The SMILES string of the molecule is CC(=O)N[C@@H]1[C@@H](O[C@@H]2O[C@H](CO)[C@@H](O)[C@H](O)[C@H]2NC(C)=O)[C@H](O[C@@H]2O[C@H](CO)[C@@H](O)[C@H](O)[C@H]2NC(C)=O)[C@@H](CO[C@@H]2O[C@H](CO)[C@@H](O)[C@H](O)[C@H]2NC(C)=O)O[C@H]1N=C=S. The molecule has 4 saturated heterocycles. The zero-order chi connectivity index (χ0) is 43.9. The molecule has 4 rings (SSSR count). The number of aliphatic hydroxyl groups is 9. The number of nitrogens with zero attached hydrogens (tertiary/aromatic N) is 1. The summed E-state index contributed by atoms with van der Waals surface area (Å²) in [7, 11) is 0. The molecule has 59 heavy (non-hydrogen) atoms. The highest BCUT2D eigenvalue weighted by atomic mass is 32.1. The van der Waals surface area contributed by atoms with Gasteiger partial charge in [0, 0.05) is 27.7 Å². The molecule has 4 heterocycles. The molecular weight excluding hydrogens is 818 g/mol. The Labute approximate surface area is 341 Å². The van der Waals surface area contributed by atoms with Gasteiger partial charge in [0.05, 0.1) is 31.6 Å². The number of carbonyl (C=O) groups is 4. The zero-order valence-electron chi connectivity index (χ0n) is 32.2. The molecule has 336 valence electrons. The molecule has 4 aliphatic heterocycles. The second kappa shape index (κ2) is 21.7. The van der Waals surface area contributed by atoms with Crippen LogP contribution in [-0.4, -0.2) is 224 Å². The average Bonchev–Trinajstić information content (AvgIpc) is 3.17. The van der Waals surface area contributed by atoms with Gasteiger partial charge in [0.25, 0.3) is 0 Å². The van der Waals surface area contributed by atoms with Crippen molar-refractivity contribution in [2.75, 3.05) is 26.4 Å². The first-order valence-electron chi connectivity index (χ1n) is 18.5. The summed E-state index contributed by atoms with van der Waals surface area (Å²) in [5, 5.41) is 107. The number of nitrogens with one attached hydrogen (secondary N) is 4. The van der Waals surface area contributed by atoms with Crippen molar-refractivity contribution < 1.29 is 98.3 Å². The number of hydrogen-bond donors (Lipinski definition) is 13. The second-order valence-corrected chi connectivity index (χ2v) is 14.5. The Bertz CT molecular complexity index is 1500. The fraction of sp³-hybridized carbons (Fsp3) is 0.848. The Morgan fingerprint density at radius 3 is 1.27 bits per heavy atom. The molecule has 0 spiro atoms. The smallest absolute Gasteiger partial charge is 0.217 e. The Balaban J connectivity index is 1.87. The van der Waals surface area contributed by atoms with Crippen molar-refractivity contribution in [1.82, 2.24) is 21.3 Å². The molecule has 0 unspecified atom stereocenters. The maximum atomic E-state index is 12.7. The monoisotopic (exact) mass is 871 g/mol. The van der Waals surface area contributed by atoms with Crippen LogP contribution in [0.1, 0.15) is 27.7 Å². The Hall–Kier alpha value is -2.96. The molecular formula is C33H53N5O20S. The number of aliphatic hydroxyl groups excluding tert-OH is 9. The molecule has 0 aromatic heterocycles. The Kier molecular flexibility index (Phi) is 17.9. The van der Waals surface area contributed by atoms with Crippen LogP contribution in [0.25, 0.3) is 0 Å². The van der Waals surface area contributed by atoms with E-state index < -0.39 is 173 Å². The van der Waals surface area contributed by atoms with Gasteiger partial charge in [0.15, 0.2) is 25.1 Å². The van der Waals surface area contributed by atoms with Crippen LogP contribution in [-0.2, 0) is 52.3 Å². The van der Waals surface area contributed by atoms with Gasteiger partial charge in [-0.25, -0.2) is 0 Å². The first-order valence-corrected chi connectivity index (χ1v) is 18.9. The molecule has 0 aromatic rings. The van der Waals surface area contributed by atoms with Crippen molar-refractivity contribution >= 4 is 41.0 Å². The minimum absolute atomic E-state index is 0.676. The molecule has 20 atom stereocenters. The standard InChI is InChI=1S/C33H53N5O20S/c1-10(42)35-18-25(49)22(46)14(5-39)54-31(18)52-8-17-28(57-32-19(36-11(2)43)26(50)23(47)15(6-40)55-32)29(21(38-13(4)45)30(53-17)34-9-59)58-33-20(37-12(3)44)27(51)24(48)16(7-41)56-33/h14-33,39-41,46-51H,5-8H2,1-4H3,(H,35,42)(H,36,43)(H,37,44)(H,38,45)/t14-,15-,16-,17-,18-,19-,20-,21-,22-,23-,24-,25-,26-,27-,28-,29-,30-,31-,32+,33+/m1/s1. The summed E-state index contributed by atoms with van der Waals surface area (Å²) in [6, 6.07) is -6.08. The third-order valence-electron chi connectivity index (χ3n) is 9.98. The van der Waals surface area contributed by atoms with E-state index in [4.69, 9.17) is 45.4 Å². The maximum Gasteiger partial charge on any atom is 0.217 e. The van der Waals surface area contributed by atoms with Crippen LogP contribution < -0.4 is 21.3 Å². The number of hydrogen-bond acceptors (Lipinski definition) is 22. The van der Waals surface area contributed by atoms with Gasteiger partial charge in [-0.1, -0.05) is 0 Å². The highest BCUT2D eigenvalue weighted by Gasteiger charge is 2.56. The number of aliphatic imine (C=N–C) groups is 1. The van der Waals surface area contributed by atoms with E-state index in [0.29, 0.717) is 0 Å². The first-order chi connectivity index (χ1) is 27.9. The van der Waals surface area contributed by atoms with E-state index in [1.165, 1.54) is 0 Å². The average molecular weight is 872 g/mol. The van der Waals surface area contributed by atoms with E-state index >= 15 is 0 Å². The number of isothiocyanates is 1. The van der Waals surface area contributed by atoms with Crippen LogP contribution in [0.3, 0.4) is 0 Å². The van der Waals surface area contributed by atoms with Crippen LogP contribution >= 0.6 is 12.2 Å². The Morgan fingerprint density at radius 2 is 0.898 bits per heavy atom. The largest absolute Gasteiger partial charge is 0.394 e. The van der Waals surface area contributed by atoms with Gasteiger partial charge in [-0.2, -0.15) is 4.99 Å². The number of carbonyl (C=O) groups excluding carboxylic acids is 4. The Morgan fingerprint density at radius 1 is 0.542 bits per heavy atom. The number of amides is 4. The van der Waals surface area contributed by atoms with Gasteiger partial charge in [0.2, 0.25) is 23.6 Å². The summed E-state index contributed by atoms with van der Waals surface area (Å²) in [6.45, 7) is 1.17. The van der Waals surface area contributed by atoms with E-state index in [0.717, 1.165) is 27.7 Å². The van der Waals surface area contributed by atoms with Crippen LogP contribution in [0.5, 0.6) is 0 Å². The summed E-state index contributed by atoms with van der Waals surface area (Å²) >= 11 is 4.86. The molecule has 0 aromatic carbocycles. The maximum absolute atomic E-state index is 12.7. The summed E-state index contributed by atoms with van der Waals surface area (Å²) in [5.74, 6) is -2.84. The minimum atomic E-state index is -1.84. The molecule has 4 amide bonds. The quantitative estimate of drug-likeness (QED) is 0.0537. The lowest BCUT2D eigenvalue weighted by molar-refractivity contribution is -0.347. The van der Waals surface area contributed by atoms with Gasteiger partial charge >= 0.3 is 0 Å². The van der Waals surface area contributed by atoms with E-state index in [2.05, 4.69) is 31.4 Å². The van der Waals surface area contributed by atoms with Crippen LogP contribution in [0, 0.1) is 0 Å². The lowest BCUT2D eigenvalue weighted by Crippen LogP contribution is -2.71. The molecule has 25 nitrogen and oxygen atoms in total. The third-order valence-corrected chi connectivity index (χ3v) is 10.1. The first kappa shape index (κ1) is 48.7. The van der Waals surface area contributed by atoms with E-state index in [-0.39, 0.29) is 0 Å². The summed E-state index contributed by atoms with van der Waals surface area (Å²) in [5.41, 5.74) is 0. The van der Waals surface area contributed by atoms with Gasteiger partial charge in [-0.3, -0.25) is 19.2 Å². The minimum Gasteiger partial charge on any atom is -0.394 e. The second-order valence-electron chi connectivity index (χ2n) is 14.3. The third kappa shape index (κ3) is 11.7. The van der Waals surface area contributed by atoms with Gasteiger partial charge in [-0.05, 0) is 12.2 Å². The predicted molar refractivity (Wildman–Crippen MR) is 193 cm³/mol. The van der Waals surface area contributed by atoms with Crippen molar-refractivity contribution in [2.45, 2.75) is 150 Å². The highest BCUT2D eigenvalue weighted by Crippen LogP contribution is 2.35. The number of ether oxygens (including phenoxy) is 7. The molecule has 0 bridgehead atoms. The fourth-order valence-electron chi connectivity index (χ4n) is 7.22. The van der Waals surface area contributed by atoms with Crippen LogP contribution in [0.15, 0.2) is 4.99 Å².